The lowest BCUT2D eigenvalue weighted by molar-refractivity contribution is 0.0746. The van der Waals surface area contributed by atoms with Crippen molar-refractivity contribution in [3.8, 4) is 11.5 Å². The Labute approximate surface area is 196 Å². The summed E-state index contributed by atoms with van der Waals surface area (Å²) >= 11 is 0. The number of para-hydroxylation sites is 1. The normalized spacial score (nSPS) is 13.7. The number of anilines is 1. The highest BCUT2D eigenvalue weighted by molar-refractivity contribution is 5.94. The molecule has 0 N–H and O–H groups in total. The predicted molar refractivity (Wildman–Crippen MR) is 133 cm³/mol. The molecule has 5 heteroatoms. The second-order valence-electron chi connectivity index (χ2n) is 8.64. The van der Waals surface area contributed by atoms with Gasteiger partial charge in [-0.2, -0.15) is 0 Å². The molecule has 1 saturated heterocycles. The highest BCUT2D eigenvalue weighted by atomic mass is 16.5. The van der Waals surface area contributed by atoms with Crippen LogP contribution in [0.5, 0.6) is 11.5 Å². The lowest BCUT2D eigenvalue weighted by Gasteiger charge is -2.36. The Morgan fingerprint density at radius 3 is 2.30 bits per heavy atom. The zero-order valence-electron chi connectivity index (χ0n) is 19.9. The first-order valence-corrected chi connectivity index (χ1v) is 11.4. The second-order valence-corrected chi connectivity index (χ2v) is 8.64. The maximum absolute atomic E-state index is 13.2. The van der Waals surface area contributed by atoms with Gasteiger partial charge >= 0.3 is 0 Å². The van der Waals surface area contributed by atoms with E-state index in [2.05, 4.69) is 49.9 Å². The fourth-order valence-electron chi connectivity index (χ4n) is 4.32. The molecule has 1 fully saturated rings. The zero-order chi connectivity index (χ0) is 23.4. The van der Waals surface area contributed by atoms with Crippen molar-refractivity contribution in [3.63, 3.8) is 0 Å². The Morgan fingerprint density at radius 1 is 0.879 bits per heavy atom. The SMILES string of the molecule is COc1ccc(C(=O)N2CCN(c3ccccc3)CC2)cc1COc1cc(C)cc(C)c1C. The van der Waals surface area contributed by atoms with E-state index in [1.165, 1.54) is 16.8 Å². The number of carbonyl (C=O) groups excluding carboxylic acids is 1. The van der Waals surface area contributed by atoms with Crippen LogP contribution < -0.4 is 14.4 Å². The number of hydrogen-bond donors (Lipinski definition) is 0. The van der Waals surface area contributed by atoms with Crippen molar-refractivity contribution >= 4 is 11.6 Å². The molecular weight excluding hydrogens is 412 g/mol. The molecule has 33 heavy (non-hydrogen) atoms. The third kappa shape index (κ3) is 5.14. The molecule has 0 bridgehead atoms. The van der Waals surface area contributed by atoms with Crippen LogP contribution in [0.25, 0.3) is 0 Å². The lowest BCUT2D eigenvalue weighted by Crippen LogP contribution is -2.48. The highest BCUT2D eigenvalue weighted by Gasteiger charge is 2.23. The number of amides is 1. The molecular formula is C28H32N2O3. The molecule has 0 aromatic heterocycles. The van der Waals surface area contributed by atoms with Gasteiger partial charge in [0.15, 0.2) is 0 Å². The molecule has 1 aliphatic heterocycles. The van der Waals surface area contributed by atoms with Gasteiger partial charge in [0.25, 0.3) is 5.91 Å². The topological polar surface area (TPSA) is 42.0 Å². The number of rotatable bonds is 6. The van der Waals surface area contributed by atoms with E-state index in [9.17, 15) is 4.79 Å². The molecule has 5 nitrogen and oxygen atoms in total. The standard InChI is InChI=1S/C28H32N2O3/c1-20-16-21(2)22(3)27(17-20)33-19-24-18-23(10-11-26(24)32-4)28(31)30-14-12-29(13-15-30)25-8-6-5-7-9-25/h5-11,16-18H,12-15,19H2,1-4H3. The van der Waals surface area contributed by atoms with Gasteiger partial charge in [-0.1, -0.05) is 24.3 Å². The van der Waals surface area contributed by atoms with Crippen LogP contribution in [-0.4, -0.2) is 44.1 Å². The van der Waals surface area contributed by atoms with E-state index in [-0.39, 0.29) is 5.91 Å². The Hall–Kier alpha value is -3.47. The summed E-state index contributed by atoms with van der Waals surface area (Å²) in [5.74, 6) is 1.64. The molecule has 4 rings (SSSR count). The molecule has 0 unspecified atom stereocenters. The summed E-state index contributed by atoms with van der Waals surface area (Å²) in [6, 6.07) is 20.2. The maximum atomic E-state index is 13.2. The Bertz CT molecular complexity index is 1120. The second kappa shape index (κ2) is 9.99. The van der Waals surface area contributed by atoms with Gasteiger partial charge in [0.05, 0.1) is 7.11 Å². The lowest BCUT2D eigenvalue weighted by atomic mass is 10.1. The van der Waals surface area contributed by atoms with Crippen LogP contribution in [0.2, 0.25) is 0 Å². The van der Waals surface area contributed by atoms with Crippen molar-refractivity contribution in [2.45, 2.75) is 27.4 Å². The number of piperazine rings is 1. The fraction of sp³-hybridized carbons (Fsp3) is 0.321. The largest absolute Gasteiger partial charge is 0.496 e. The van der Waals surface area contributed by atoms with Gasteiger partial charge in [-0.15, -0.1) is 0 Å². The van der Waals surface area contributed by atoms with Crippen molar-refractivity contribution in [1.29, 1.82) is 0 Å². The minimum atomic E-state index is 0.0502. The maximum Gasteiger partial charge on any atom is 0.253 e. The number of nitrogens with zero attached hydrogens (tertiary/aromatic N) is 2. The molecule has 0 atom stereocenters. The molecule has 1 aliphatic rings. The molecule has 3 aromatic carbocycles. The zero-order valence-corrected chi connectivity index (χ0v) is 19.9. The number of ether oxygens (including phenoxy) is 2. The van der Waals surface area contributed by atoms with E-state index in [0.717, 1.165) is 35.7 Å². The van der Waals surface area contributed by atoms with Crippen LogP contribution in [-0.2, 0) is 6.61 Å². The summed E-state index contributed by atoms with van der Waals surface area (Å²) in [6.45, 7) is 9.62. The van der Waals surface area contributed by atoms with Crippen molar-refractivity contribution in [1.82, 2.24) is 4.90 Å². The number of hydrogen-bond acceptors (Lipinski definition) is 4. The average Bonchev–Trinajstić information content (AvgIpc) is 2.85. The van der Waals surface area contributed by atoms with Gasteiger partial charge in [0.1, 0.15) is 18.1 Å². The summed E-state index contributed by atoms with van der Waals surface area (Å²) in [7, 11) is 1.64. The van der Waals surface area contributed by atoms with Crippen molar-refractivity contribution in [3.05, 3.63) is 88.5 Å². The van der Waals surface area contributed by atoms with Crippen LogP contribution >= 0.6 is 0 Å². The Morgan fingerprint density at radius 2 is 1.61 bits per heavy atom. The molecule has 0 saturated carbocycles. The van der Waals surface area contributed by atoms with E-state index in [4.69, 9.17) is 9.47 Å². The minimum absolute atomic E-state index is 0.0502. The molecule has 0 aliphatic carbocycles. The first-order valence-electron chi connectivity index (χ1n) is 11.4. The van der Waals surface area contributed by atoms with E-state index >= 15 is 0 Å². The summed E-state index contributed by atoms with van der Waals surface area (Å²) in [4.78, 5) is 17.5. The number of carbonyl (C=O) groups is 1. The minimum Gasteiger partial charge on any atom is -0.496 e. The third-order valence-electron chi connectivity index (χ3n) is 6.36. The van der Waals surface area contributed by atoms with Crippen LogP contribution in [0, 0.1) is 20.8 Å². The average molecular weight is 445 g/mol. The van der Waals surface area contributed by atoms with Crippen LogP contribution in [0.3, 0.4) is 0 Å². The van der Waals surface area contributed by atoms with Crippen LogP contribution in [0.15, 0.2) is 60.7 Å². The summed E-state index contributed by atoms with van der Waals surface area (Å²) in [5, 5.41) is 0. The van der Waals surface area contributed by atoms with E-state index in [1.54, 1.807) is 7.11 Å². The Balaban J connectivity index is 1.46. The molecule has 172 valence electrons. The summed E-state index contributed by atoms with van der Waals surface area (Å²) < 4.78 is 11.7. The van der Waals surface area contributed by atoms with Crippen molar-refractivity contribution in [2.24, 2.45) is 0 Å². The number of aryl methyl sites for hydroxylation is 2. The third-order valence-corrected chi connectivity index (χ3v) is 6.36. The highest BCUT2D eigenvalue weighted by Crippen LogP contribution is 2.27. The molecule has 3 aromatic rings. The molecule has 1 heterocycles. The van der Waals surface area contributed by atoms with Gasteiger partial charge in [0.2, 0.25) is 0 Å². The van der Waals surface area contributed by atoms with E-state index in [0.29, 0.717) is 25.3 Å². The number of benzene rings is 3. The van der Waals surface area contributed by atoms with E-state index in [1.807, 2.05) is 41.3 Å². The van der Waals surface area contributed by atoms with Gasteiger partial charge in [-0.05, 0) is 73.9 Å². The quantitative estimate of drug-likeness (QED) is 0.527. The van der Waals surface area contributed by atoms with Crippen molar-refractivity contribution < 1.29 is 14.3 Å². The molecule has 0 radical (unpaired) electrons. The van der Waals surface area contributed by atoms with Gasteiger partial charge in [-0.3, -0.25) is 4.79 Å². The van der Waals surface area contributed by atoms with E-state index < -0.39 is 0 Å². The van der Waals surface area contributed by atoms with Gasteiger partial charge < -0.3 is 19.3 Å². The molecule has 1 amide bonds. The first-order chi connectivity index (χ1) is 16.0. The summed E-state index contributed by atoms with van der Waals surface area (Å²) in [5.41, 5.74) is 6.23. The smallest absolute Gasteiger partial charge is 0.253 e. The monoisotopic (exact) mass is 444 g/mol. The van der Waals surface area contributed by atoms with Crippen LogP contribution in [0.4, 0.5) is 5.69 Å². The van der Waals surface area contributed by atoms with Gasteiger partial charge in [-0.25, -0.2) is 0 Å². The first kappa shape index (κ1) is 22.7. The fourth-order valence-corrected chi connectivity index (χ4v) is 4.32. The van der Waals surface area contributed by atoms with Crippen molar-refractivity contribution in [2.75, 3.05) is 38.2 Å². The van der Waals surface area contributed by atoms with Gasteiger partial charge in [0, 0.05) is 43.0 Å². The number of methoxy groups -OCH3 is 1. The van der Waals surface area contributed by atoms with Crippen LogP contribution in [0.1, 0.15) is 32.6 Å². The molecule has 0 spiro atoms. The Kier molecular flexibility index (Phi) is 6.87. The predicted octanol–water partition coefficient (Wildman–Crippen LogP) is 5.16. The summed E-state index contributed by atoms with van der Waals surface area (Å²) in [6.07, 6.45) is 0.